The van der Waals surface area contributed by atoms with E-state index < -0.39 is 0 Å². The summed E-state index contributed by atoms with van der Waals surface area (Å²) in [6.07, 6.45) is 1.51. The topological polar surface area (TPSA) is 54.5 Å². The van der Waals surface area contributed by atoms with E-state index in [2.05, 4.69) is 10.3 Å². The van der Waals surface area contributed by atoms with Crippen LogP contribution in [0.25, 0.3) is 0 Å². The lowest BCUT2D eigenvalue weighted by Gasteiger charge is -2.14. The number of benzene rings is 1. The molecule has 98 valence electrons. The highest BCUT2D eigenvalue weighted by molar-refractivity contribution is 7.09. The van der Waals surface area contributed by atoms with Crippen LogP contribution in [0.15, 0.2) is 35.8 Å². The molecule has 1 fully saturated rings. The number of carbonyl (C=O) groups is 1. The highest BCUT2D eigenvalue weighted by atomic mass is 32.1. The number of thiazole rings is 1. The number of nitrogens with zero attached hydrogens (tertiary/aromatic N) is 2. The second-order valence-corrected chi connectivity index (χ2v) is 5.07. The molecule has 1 saturated heterocycles. The van der Waals surface area contributed by atoms with Crippen molar-refractivity contribution in [2.45, 2.75) is 6.54 Å². The summed E-state index contributed by atoms with van der Waals surface area (Å²) in [5.41, 5.74) is 1.82. The van der Waals surface area contributed by atoms with Gasteiger partial charge in [-0.2, -0.15) is 0 Å². The Morgan fingerprint density at radius 2 is 2.42 bits per heavy atom. The number of hydrogen-bond donors (Lipinski definition) is 1. The van der Waals surface area contributed by atoms with E-state index in [0.717, 1.165) is 16.4 Å². The maximum Gasteiger partial charge on any atom is 0.414 e. The molecule has 1 amide bonds. The zero-order valence-electron chi connectivity index (χ0n) is 10.2. The van der Waals surface area contributed by atoms with Crippen molar-refractivity contribution in [1.29, 1.82) is 0 Å². The predicted octanol–water partition coefficient (Wildman–Crippen LogP) is 2.71. The quantitative estimate of drug-likeness (QED) is 0.932. The molecule has 1 aliphatic heterocycles. The van der Waals surface area contributed by atoms with E-state index in [1.807, 2.05) is 29.6 Å². The molecular weight excluding hydrogens is 262 g/mol. The van der Waals surface area contributed by atoms with Gasteiger partial charge in [-0.25, -0.2) is 9.78 Å². The minimum absolute atomic E-state index is 0.280. The highest BCUT2D eigenvalue weighted by Gasteiger charge is 2.23. The summed E-state index contributed by atoms with van der Waals surface area (Å²) < 4.78 is 4.94. The van der Waals surface area contributed by atoms with E-state index in [1.54, 1.807) is 22.4 Å². The monoisotopic (exact) mass is 275 g/mol. The van der Waals surface area contributed by atoms with Gasteiger partial charge in [-0.15, -0.1) is 11.3 Å². The average Bonchev–Trinajstić information content (AvgIpc) is 3.08. The number of ether oxygens (including phenoxy) is 1. The summed E-state index contributed by atoms with van der Waals surface area (Å²) in [7, 11) is 0. The Morgan fingerprint density at radius 1 is 1.47 bits per heavy atom. The van der Waals surface area contributed by atoms with Gasteiger partial charge in [0.1, 0.15) is 11.6 Å². The van der Waals surface area contributed by atoms with Crippen LogP contribution >= 0.6 is 11.3 Å². The van der Waals surface area contributed by atoms with E-state index in [4.69, 9.17) is 4.74 Å². The standard InChI is InChI=1S/C13H13N3O2S/c17-13-16(5-6-18-13)11-3-1-2-10(8-11)15-9-12-14-4-7-19-12/h1-4,7-8,15H,5-6,9H2. The van der Waals surface area contributed by atoms with Crippen molar-refractivity contribution >= 4 is 28.8 Å². The minimum Gasteiger partial charge on any atom is -0.447 e. The lowest BCUT2D eigenvalue weighted by molar-refractivity contribution is 0.181. The summed E-state index contributed by atoms with van der Waals surface area (Å²) in [4.78, 5) is 17.4. The Bertz CT molecular complexity index is 571. The van der Waals surface area contributed by atoms with Gasteiger partial charge in [-0.05, 0) is 18.2 Å². The molecule has 2 aromatic rings. The SMILES string of the molecule is O=C1OCCN1c1cccc(NCc2nccs2)c1. The molecule has 1 N–H and O–H groups in total. The number of nitrogens with one attached hydrogen (secondary N) is 1. The number of cyclic esters (lactones) is 1. The summed E-state index contributed by atoms with van der Waals surface area (Å²) in [6, 6.07) is 7.74. The van der Waals surface area contributed by atoms with Gasteiger partial charge in [0.25, 0.3) is 0 Å². The van der Waals surface area contributed by atoms with Crippen LogP contribution in [-0.4, -0.2) is 24.2 Å². The molecule has 0 spiro atoms. The van der Waals surface area contributed by atoms with Crippen molar-refractivity contribution in [3.05, 3.63) is 40.8 Å². The van der Waals surface area contributed by atoms with Crippen LogP contribution in [0.3, 0.4) is 0 Å². The number of aromatic nitrogens is 1. The van der Waals surface area contributed by atoms with Crippen LogP contribution in [0.4, 0.5) is 16.2 Å². The van der Waals surface area contributed by atoms with E-state index in [9.17, 15) is 4.79 Å². The Hall–Kier alpha value is -2.08. The zero-order valence-corrected chi connectivity index (χ0v) is 11.0. The number of hydrogen-bond acceptors (Lipinski definition) is 5. The molecule has 0 unspecified atom stereocenters. The first kappa shape index (κ1) is 12.0. The van der Waals surface area contributed by atoms with Gasteiger partial charge in [-0.3, -0.25) is 4.90 Å². The van der Waals surface area contributed by atoms with Crippen molar-refractivity contribution in [3.8, 4) is 0 Å². The van der Waals surface area contributed by atoms with Crippen LogP contribution in [-0.2, 0) is 11.3 Å². The molecule has 5 nitrogen and oxygen atoms in total. The van der Waals surface area contributed by atoms with Gasteiger partial charge in [-0.1, -0.05) is 6.07 Å². The maximum absolute atomic E-state index is 11.5. The van der Waals surface area contributed by atoms with Gasteiger partial charge in [0.15, 0.2) is 0 Å². The molecule has 19 heavy (non-hydrogen) atoms. The summed E-state index contributed by atoms with van der Waals surface area (Å²) in [6.45, 7) is 1.75. The normalized spacial score (nSPS) is 14.5. The van der Waals surface area contributed by atoms with E-state index >= 15 is 0 Å². The van der Waals surface area contributed by atoms with Gasteiger partial charge in [0, 0.05) is 23.0 Å². The van der Waals surface area contributed by atoms with Crippen molar-refractivity contribution in [3.63, 3.8) is 0 Å². The average molecular weight is 275 g/mol. The summed E-state index contributed by atoms with van der Waals surface area (Å²) in [5.74, 6) is 0. The smallest absolute Gasteiger partial charge is 0.414 e. The zero-order chi connectivity index (χ0) is 13.1. The second-order valence-electron chi connectivity index (χ2n) is 4.10. The molecule has 0 atom stereocenters. The molecular formula is C13H13N3O2S. The molecule has 0 saturated carbocycles. The van der Waals surface area contributed by atoms with Crippen LogP contribution in [0.1, 0.15) is 5.01 Å². The molecule has 0 aliphatic carbocycles. The molecule has 3 rings (SSSR count). The van der Waals surface area contributed by atoms with Crippen molar-refractivity contribution in [2.24, 2.45) is 0 Å². The Balaban J connectivity index is 1.71. The maximum atomic E-state index is 11.5. The highest BCUT2D eigenvalue weighted by Crippen LogP contribution is 2.22. The third-order valence-corrected chi connectivity index (χ3v) is 3.63. The molecule has 0 bridgehead atoms. The molecule has 2 heterocycles. The van der Waals surface area contributed by atoms with Gasteiger partial charge < -0.3 is 10.1 Å². The fraction of sp³-hybridized carbons (Fsp3) is 0.231. The summed E-state index contributed by atoms with van der Waals surface area (Å²) >= 11 is 1.61. The lowest BCUT2D eigenvalue weighted by Crippen LogP contribution is -2.23. The van der Waals surface area contributed by atoms with E-state index in [0.29, 0.717) is 19.7 Å². The fourth-order valence-corrected chi connectivity index (χ4v) is 2.49. The number of amides is 1. The van der Waals surface area contributed by atoms with E-state index in [-0.39, 0.29) is 6.09 Å². The van der Waals surface area contributed by atoms with Gasteiger partial charge >= 0.3 is 6.09 Å². The molecule has 1 aliphatic rings. The third kappa shape index (κ3) is 2.68. The predicted molar refractivity (Wildman–Crippen MR) is 74.6 cm³/mol. The molecule has 0 radical (unpaired) electrons. The lowest BCUT2D eigenvalue weighted by atomic mass is 10.2. The van der Waals surface area contributed by atoms with Crippen LogP contribution in [0.5, 0.6) is 0 Å². The van der Waals surface area contributed by atoms with Crippen LogP contribution in [0.2, 0.25) is 0 Å². The van der Waals surface area contributed by atoms with Crippen molar-refractivity contribution in [1.82, 2.24) is 4.98 Å². The first-order chi connectivity index (χ1) is 9.33. The molecule has 1 aromatic heterocycles. The second kappa shape index (κ2) is 5.27. The first-order valence-corrected chi connectivity index (χ1v) is 6.87. The van der Waals surface area contributed by atoms with Gasteiger partial charge in [0.2, 0.25) is 0 Å². The van der Waals surface area contributed by atoms with Crippen molar-refractivity contribution < 1.29 is 9.53 Å². The minimum atomic E-state index is -0.280. The van der Waals surface area contributed by atoms with Gasteiger partial charge in [0.05, 0.1) is 13.1 Å². The number of anilines is 2. The van der Waals surface area contributed by atoms with E-state index in [1.165, 1.54) is 0 Å². The summed E-state index contributed by atoms with van der Waals surface area (Å²) in [5, 5.41) is 6.28. The van der Waals surface area contributed by atoms with Crippen molar-refractivity contribution in [2.75, 3.05) is 23.4 Å². The number of carbonyl (C=O) groups excluding carboxylic acids is 1. The third-order valence-electron chi connectivity index (χ3n) is 2.85. The Labute approximate surface area is 114 Å². The first-order valence-electron chi connectivity index (χ1n) is 5.99. The molecule has 1 aromatic carbocycles. The fourth-order valence-electron chi connectivity index (χ4n) is 1.93. The number of rotatable bonds is 4. The largest absolute Gasteiger partial charge is 0.447 e. The van der Waals surface area contributed by atoms with Crippen LogP contribution in [0, 0.1) is 0 Å². The van der Waals surface area contributed by atoms with Crippen LogP contribution < -0.4 is 10.2 Å². The molecule has 6 heteroatoms. The Kier molecular flexibility index (Phi) is 3.33. The Morgan fingerprint density at radius 3 is 3.16 bits per heavy atom.